The average molecular weight is 295 g/mol. The molecule has 6 nitrogen and oxygen atoms in total. The third-order valence-corrected chi connectivity index (χ3v) is 4.39. The van der Waals surface area contributed by atoms with E-state index in [0.717, 1.165) is 12.8 Å². The number of nitrogens with one attached hydrogen (secondary N) is 1. The van der Waals surface area contributed by atoms with Crippen LogP contribution in [0.3, 0.4) is 0 Å². The van der Waals surface area contributed by atoms with Crippen molar-refractivity contribution in [2.75, 3.05) is 20.6 Å². The third-order valence-electron chi connectivity index (χ3n) is 4.39. The van der Waals surface area contributed by atoms with Crippen LogP contribution in [-0.2, 0) is 9.59 Å². The molecule has 1 heterocycles. The van der Waals surface area contributed by atoms with Gasteiger partial charge in [0.05, 0.1) is 6.04 Å². The van der Waals surface area contributed by atoms with Crippen LogP contribution in [0.4, 0.5) is 4.79 Å². The molecule has 1 saturated carbocycles. The molecule has 1 aliphatic carbocycles. The topological polar surface area (TPSA) is 69.7 Å². The van der Waals surface area contributed by atoms with E-state index in [1.807, 2.05) is 19.0 Å². The van der Waals surface area contributed by atoms with Crippen LogP contribution in [0.15, 0.2) is 0 Å². The smallest absolute Gasteiger partial charge is 0.307 e. The lowest BCUT2D eigenvalue weighted by atomic mass is 9.66. The van der Waals surface area contributed by atoms with Crippen molar-refractivity contribution < 1.29 is 14.4 Å². The summed E-state index contributed by atoms with van der Waals surface area (Å²) < 4.78 is 0. The largest absolute Gasteiger partial charge is 0.331 e. The minimum absolute atomic E-state index is 0.196. The summed E-state index contributed by atoms with van der Waals surface area (Å²) in [6.07, 6.45) is 2.71. The van der Waals surface area contributed by atoms with Gasteiger partial charge in [-0.05, 0) is 39.3 Å². The van der Waals surface area contributed by atoms with Crippen LogP contribution in [0.2, 0.25) is 0 Å². The Hall–Kier alpha value is -1.43. The molecule has 1 aliphatic heterocycles. The van der Waals surface area contributed by atoms with Crippen molar-refractivity contribution in [3.05, 3.63) is 0 Å². The number of nitrogens with zero attached hydrogens (tertiary/aromatic N) is 2. The van der Waals surface area contributed by atoms with Crippen LogP contribution in [0.25, 0.3) is 0 Å². The number of rotatable bonds is 5. The fourth-order valence-electron chi connectivity index (χ4n) is 3.23. The molecule has 118 valence electrons. The van der Waals surface area contributed by atoms with Crippen LogP contribution in [0.5, 0.6) is 0 Å². The van der Waals surface area contributed by atoms with Crippen molar-refractivity contribution in [1.29, 1.82) is 0 Å². The Labute approximate surface area is 125 Å². The molecular formula is C15H25N3O3. The van der Waals surface area contributed by atoms with Crippen LogP contribution in [0.1, 0.15) is 39.5 Å². The van der Waals surface area contributed by atoms with E-state index in [2.05, 4.69) is 19.2 Å². The maximum Gasteiger partial charge on any atom is 0.331 e. The summed E-state index contributed by atoms with van der Waals surface area (Å²) in [7, 11) is 3.84. The Bertz CT molecular complexity index is 445. The van der Waals surface area contributed by atoms with Gasteiger partial charge in [0.2, 0.25) is 11.8 Å². The molecule has 2 rings (SSSR count). The van der Waals surface area contributed by atoms with E-state index in [-0.39, 0.29) is 11.9 Å². The van der Waals surface area contributed by atoms with Gasteiger partial charge < -0.3 is 4.90 Å². The molecule has 1 unspecified atom stereocenters. The lowest BCUT2D eigenvalue weighted by molar-refractivity contribution is -0.159. The Morgan fingerprint density at radius 2 is 1.86 bits per heavy atom. The second-order valence-electron chi connectivity index (χ2n) is 6.92. The quantitative estimate of drug-likeness (QED) is 0.774. The molecule has 4 amide bonds. The first-order valence-corrected chi connectivity index (χ1v) is 7.61. The summed E-state index contributed by atoms with van der Waals surface area (Å²) in [5, 5.41) is 2.39. The highest BCUT2D eigenvalue weighted by molar-refractivity contribution is 6.19. The van der Waals surface area contributed by atoms with E-state index in [4.69, 9.17) is 0 Å². The van der Waals surface area contributed by atoms with E-state index in [0.29, 0.717) is 25.3 Å². The summed E-state index contributed by atoms with van der Waals surface area (Å²) >= 11 is 0. The molecule has 1 N–H and O–H groups in total. The molecular weight excluding hydrogens is 270 g/mol. The van der Waals surface area contributed by atoms with Gasteiger partial charge in [-0.3, -0.25) is 19.8 Å². The minimum Gasteiger partial charge on any atom is -0.307 e. The first-order valence-electron chi connectivity index (χ1n) is 7.61. The average Bonchev–Trinajstić information content (AvgIpc) is 2.23. The first kappa shape index (κ1) is 15.9. The van der Waals surface area contributed by atoms with Crippen molar-refractivity contribution in [3.63, 3.8) is 0 Å². The summed E-state index contributed by atoms with van der Waals surface area (Å²) in [5.74, 6) is -0.339. The van der Waals surface area contributed by atoms with Crippen molar-refractivity contribution in [3.8, 4) is 0 Å². The molecule has 6 heteroatoms. The molecule has 21 heavy (non-hydrogen) atoms. The second-order valence-corrected chi connectivity index (χ2v) is 6.92. The zero-order valence-corrected chi connectivity index (χ0v) is 13.3. The zero-order chi connectivity index (χ0) is 15.8. The van der Waals surface area contributed by atoms with Gasteiger partial charge in [0.15, 0.2) is 0 Å². The number of likely N-dealkylation sites (N-methyl/N-ethyl adjacent to an activating group) is 1. The highest BCUT2D eigenvalue weighted by Gasteiger charge is 2.58. The van der Waals surface area contributed by atoms with E-state index < -0.39 is 17.4 Å². The zero-order valence-electron chi connectivity index (χ0n) is 13.3. The number of hydrogen-bond acceptors (Lipinski definition) is 4. The van der Waals surface area contributed by atoms with E-state index in [9.17, 15) is 14.4 Å². The molecule has 0 aromatic heterocycles. The van der Waals surface area contributed by atoms with Gasteiger partial charge in [0, 0.05) is 6.54 Å². The van der Waals surface area contributed by atoms with E-state index in [1.165, 1.54) is 4.90 Å². The number of imide groups is 2. The Kier molecular flexibility index (Phi) is 4.37. The summed E-state index contributed by atoms with van der Waals surface area (Å²) in [5.41, 5.74) is -0.977. The molecule has 1 spiro atoms. The molecule has 2 fully saturated rings. The molecule has 0 bridgehead atoms. The molecule has 1 atom stereocenters. The minimum atomic E-state index is -0.977. The molecule has 0 aromatic carbocycles. The maximum absolute atomic E-state index is 12.8. The number of carbonyl (C=O) groups excluding carboxylic acids is 3. The lowest BCUT2D eigenvalue weighted by Crippen LogP contribution is -2.69. The summed E-state index contributed by atoms with van der Waals surface area (Å²) in [4.78, 5) is 40.3. The predicted molar refractivity (Wildman–Crippen MR) is 78.5 cm³/mol. The number of barbiturate groups is 1. The van der Waals surface area contributed by atoms with Crippen molar-refractivity contribution in [2.24, 2.45) is 11.3 Å². The number of carbonyl (C=O) groups is 3. The fraction of sp³-hybridized carbons (Fsp3) is 0.800. The second kappa shape index (κ2) is 5.75. The molecule has 0 radical (unpaired) electrons. The fourth-order valence-corrected chi connectivity index (χ4v) is 3.23. The maximum atomic E-state index is 12.8. The Balaban J connectivity index is 2.26. The van der Waals surface area contributed by atoms with Gasteiger partial charge in [0.25, 0.3) is 0 Å². The van der Waals surface area contributed by atoms with Crippen LogP contribution in [-0.4, -0.2) is 54.3 Å². The van der Waals surface area contributed by atoms with Crippen molar-refractivity contribution >= 4 is 17.8 Å². The number of urea groups is 1. The Morgan fingerprint density at radius 1 is 1.24 bits per heavy atom. The number of hydrogen-bond donors (Lipinski definition) is 1. The van der Waals surface area contributed by atoms with Gasteiger partial charge >= 0.3 is 6.03 Å². The monoisotopic (exact) mass is 295 g/mol. The van der Waals surface area contributed by atoms with Gasteiger partial charge in [0.1, 0.15) is 5.41 Å². The summed E-state index contributed by atoms with van der Waals surface area (Å²) in [6.45, 7) is 4.75. The van der Waals surface area contributed by atoms with Crippen LogP contribution < -0.4 is 5.32 Å². The molecule has 2 aliphatic rings. The van der Waals surface area contributed by atoms with Crippen molar-refractivity contribution in [2.45, 2.75) is 45.6 Å². The Morgan fingerprint density at radius 3 is 2.29 bits per heavy atom. The van der Waals surface area contributed by atoms with Crippen LogP contribution in [0, 0.1) is 11.3 Å². The highest BCUT2D eigenvalue weighted by atomic mass is 16.2. The van der Waals surface area contributed by atoms with Gasteiger partial charge in [-0.1, -0.05) is 20.3 Å². The number of amides is 4. The lowest BCUT2D eigenvalue weighted by Gasteiger charge is -2.47. The standard InChI is InChI=1S/C15H25N3O3/c1-10(2)8-11(9-17(3)4)18-13(20)15(6-5-7-15)12(19)16-14(18)21/h10-11H,5-9H2,1-4H3,(H,16,19,21). The third kappa shape index (κ3) is 2.81. The van der Waals surface area contributed by atoms with Gasteiger partial charge in [-0.2, -0.15) is 0 Å². The van der Waals surface area contributed by atoms with Gasteiger partial charge in [-0.25, -0.2) is 4.79 Å². The van der Waals surface area contributed by atoms with E-state index in [1.54, 1.807) is 0 Å². The summed E-state index contributed by atoms with van der Waals surface area (Å²) in [6, 6.07) is -0.756. The normalized spacial score (nSPS) is 22.8. The SMILES string of the molecule is CC(C)CC(CN(C)C)N1C(=O)NC(=O)C2(CCC2)C1=O. The first-order chi connectivity index (χ1) is 9.78. The van der Waals surface area contributed by atoms with Crippen molar-refractivity contribution in [1.82, 2.24) is 15.1 Å². The van der Waals surface area contributed by atoms with Crippen LogP contribution >= 0.6 is 0 Å². The highest BCUT2D eigenvalue weighted by Crippen LogP contribution is 2.45. The molecule has 0 aromatic rings. The predicted octanol–water partition coefficient (Wildman–Crippen LogP) is 1.21. The van der Waals surface area contributed by atoms with Gasteiger partial charge in [-0.15, -0.1) is 0 Å². The van der Waals surface area contributed by atoms with E-state index >= 15 is 0 Å². The molecule has 1 saturated heterocycles.